The number of aromatic nitrogens is 2. The van der Waals surface area contributed by atoms with E-state index in [4.69, 9.17) is 4.74 Å². The zero-order valence-electron chi connectivity index (χ0n) is 13.8. The number of hydrogen-bond donors (Lipinski definition) is 2. The van der Waals surface area contributed by atoms with Gasteiger partial charge in [-0.05, 0) is 5.56 Å². The number of benzene rings is 1. The molecule has 1 aromatic carbocycles. The van der Waals surface area contributed by atoms with E-state index in [1.165, 1.54) is 5.56 Å². The highest BCUT2D eigenvalue weighted by Gasteiger charge is 2.21. The van der Waals surface area contributed by atoms with Gasteiger partial charge in [0.2, 0.25) is 0 Å². The fraction of sp³-hybridized carbons (Fsp3) is 0.412. The predicted octanol–water partition coefficient (Wildman–Crippen LogP) is 1.44. The van der Waals surface area contributed by atoms with Crippen molar-refractivity contribution in [2.45, 2.75) is 12.6 Å². The Morgan fingerprint density at radius 1 is 1.33 bits per heavy atom. The summed E-state index contributed by atoms with van der Waals surface area (Å²) in [6.45, 7) is 3.77. The molecule has 0 spiro atoms. The number of nitrogens with one attached hydrogen (secondary N) is 2. The molecule has 0 saturated carbocycles. The molecule has 2 N–H and O–H groups in total. The summed E-state index contributed by atoms with van der Waals surface area (Å²) in [4.78, 5) is 14.2. The molecule has 1 saturated heterocycles. The largest absolute Gasteiger partial charge is 0.374 e. The summed E-state index contributed by atoms with van der Waals surface area (Å²) in [6.07, 6.45) is 1.78. The number of anilines is 1. The average Bonchev–Trinajstić information content (AvgIpc) is 2.99. The summed E-state index contributed by atoms with van der Waals surface area (Å²) in [5, 5.41) is 9.66. The van der Waals surface area contributed by atoms with E-state index in [2.05, 4.69) is 44.9 Å². The lowest BCUT2D eigenvalue weighted by molar-refractivity contribution is -0.0285. The predicted molar refractivity (Wildman–Crippen MR) is 91.7 cm³/mol. The third-order valence-corrected chi connectivity index (χ3v) is 3.92. The molecule has 1 aliphatic heterocycles. The SMILES string of the molecule is Cn1ccc(NC(=O)NCC2CN(Cc3ccccc3)CCO2)n1. The number of carbonyl (C=O) groups excluding carboxylic acids is 1. The average molecular weight is 329 g/mol. The number of amides is 2. The van der Waals surface area contributed by atoms with E-state index in [1.807, 2.05) is 6.07 Å². The third-order valence-electron chi connectivity index (χ3n) is 3.92. The van der Waals surface area contributed by atoms with E-state index in [0.29, 0.717) is 19.0 Å². The fourth-order valence-corrected chi connectivity index (χ4v) is 2.74. The van der Waals surface area contributed by atoms with Gasteiger partial charge in [0.1, 0.15) is 0 Å². The number of ether oxygens (including phenoxy) is 1. The van der Waals surface area contributed by atoms with Crippen LogP contribution >= 0.6 is 0 Å². The lowest BCUT2D eigenvalue weighted by Gasteiger charge is -2.33. The van der Waals surface area contributed by atoms with Crippen molar-refractivity contribution in [2.24, 2.45) is 7.05 Å². The molecule has 1 aliphatic rings. The highest BCUT2D eigenvalue weighted by atomic mass is 16.5. The Bertz CT molecular complexity index is 658. The smallest absolute Gasteiger partial charge is 0.320 e. The van der Waals surface area contributed by atoms with Crippen molar-refractivity contribution in [1.82, 2.24) is 20.0 Å². The molecule has 1 aromatic heterocycles. The standard InChI is InChI=1S/C17H23N5O2/c1-21-8-7-16(20-21)19-17(23)18-11-15-13-22(9-10-24-15)12-14-5-3-2-4-6-14/h2-8,15H,9-13H2,1H3,(H2,18,19,20,23). The maximum atomic E-state index is 11.9. The number of nitrogens with zero attached hydrogens (tertiary/aromatic N) is 3. The molecule has 2 aromatic rings. The Labute approximate surface area is 141 Å². The zero-order chi connectivity index (χ0) is 16.8. The summed E-state index contributed by atoms with van der Waals surface area (Å²) in [5.41, 5.74) is 1.29. The summed E-state index contributed by atoms with van der Waals surface area (Å²) in [7, 11) is 1.81. The molecule has 2 amide bonds. The molecular weight excluding hydrogens is 306 g/mol. The van der Waals surface area contributed by atoms with Gasteiger partial charge in [-0.2, -0.15) is 5.10 Å². The van der Waals surface area contributed by atoms with Crippen LogP contribution in [0.3, 0.4) is 0 Å². The Morgan fingerprint density at radius 2 is 2.17 bits per heavy atom. The van der Waals surface area contributed by atoms with Gasteiger partial charge in [0.05, 0.1) is 12.7 Å². The van der Waals surface area contributed by atoms with E-state index in [0.717, 1.165) is 19.6 Å². The van der Waals surface area contributed by atoms with Crippen molar-refractivity contribution in [3.63, 3.8) is 0 Å². The first-order valence-corrected chi connectivity index (χ1v) is 8.11. The molecule has 0 bridgehead atoms. The minimum atomic E-state index is -0.266. The van der Waals surface area contributed by atoms with E-state index >= 15 is 0 Å². The Kier molecular flexibility index (Phi) is 5.45. The van der Waals surface area contributed by atoms with Crippen molar-refractivity contribution < 1.29 is 9.53 Å². The summed E-state index contributed by atoms with van der Waals surface area (Å²) in [6, 6.07) is 11.9. The van der Waals surface area contributed by atoms with Gasteiger partial charge < -0.3 is 10.1 Å². The van der Waals surface area contributed by atoms with Crippen LogP contribution in [-0.4, -0.2) is 53.1 Å². The number of morpholine rings is 1. The second kappa shape index (κ2) is 7.94. The highest BCUT2D eigenvalue weighted by Crippen LogP contribution is 2.10. The van der Waals surface area contributed by atoms with Gasteiger partial charge >= 0.3 is 6.03 Å². The van der Waals surface area contributed by atoms with Crippen LogP contribution in [0.2, 0.25) is 0 Å². The van der Waals surface area contributed by atoms with Crippen LogP contribution in [0.4, 0.5) is 10.6 Å². The topological polar surface area (TPSA) is 71.4 Å². The Hall–Kier alpha value is -2.38. The van der Waals surface area contributed by atoms with E-state index < -0.39 is 0 Å². The van der Waals surface area contributed by atoms with Crippen molar-refractivity contribution in [3.05, 3.63) is 48.2 Å². The number of carbonyl (C=O) groups is 1. The third kappa shape index (κ3) is 4.81. The minimum absolute atomic E-state index is 0.00283. The van der Waals surface area contributed by atoms with Gasteiger partial charge in [-0.15, -0.1) is 0 Å². The van der Waals surface area contributed by atoms with Crippen LogP contribution in [0.5, 0.6) is 0 Å². The monoisotopic (exact) mass is 329 g/mol. The Balaban J connectivity index is 1.42. The number of urea groups is 1. The maximum absolute atomic E-state index is 11.9. The number of hydrogen-bond acceptors (Lipinski definition) is 4. The molecule has 3 rings (SSSR count). The normalized spacial score (nSPS) is 18.3. The zero-order valence-corrected chi connectivity index (χ0v) is 13.8. The molecule has 0 radical (unpaired) electrons. The van der Waals surface area contributed by atoms with Crippen molar-refractivity contribution in [2.75, 3.05) is 31.6 Å². The first kappa shape index (κ1) is 16.5. The molecule has 24 heavy (non-hydrogen) atoms. The second-order valence-electron chi connectivity index (χ2n) is 5.92. The molecule has 7 heteroatoms. The lowest BCUT2D eigenvalue weighted by atomic mass is 10.2. The minimum Gasteiger partial charge on any atom is -0.374 e. The fourth-order valence-electron chi connectivity index (χ4n) is 2.74. The van der Waals surface area contributed by atoms with Crippen molar-refractivity contribution in [3.8, 4) is 0 Å². The van der Waals surface area contributed by atoms with Crippen LogP contribution in [0.25, 0.3) is 0 Å². The van der Waals surface area contributed by atoms with Crippen LogP contribution in [0.1, 0.15) is 5.56 Å². The highest BCUT2D eigenvalue weighted by molar-refractivity contribution is 5.88. The summed E-state index contributed by atoms with van der Waals surface area (Å²) in [5.74, 6) is 0.533. The lowest BCUT2D eigenvalue weighted by Crippen LogP contribution is -2.47. The maximum Gasteiger partial charge on any atom is 0.320 e. The summed E-state index contributed by atoms with van der Waals surface area (Å²) >= 11 is 0. The van der Waals surface area contributed by atoms with Crippen LogP contribution in [0.15, 0.2) is 42.6 Å². The number of rotatable bonds is 5. The molecule has 128 valence electrons. The molecular formula is C17H23N5O2. The van der Waals surface area contributed by atoms with Crippen molar-refractivity contribution >= 4 is 11.8 Å². The molecule has 7 nitrogen and oxygen atoms in total. The summed E-state index contributed by atoms with van der Waals surface area (Å²) < 4.78 is 7.39. The van der Waals surface area contributed by atoms with Gasteiger partial charge in [0.15, 0.2) is 5.82 Å². The van der Waals surface area contributed by atoms with Crippen molar-refractivity contribution in [1.29, 1.82) is 0 Å². The van der Waals surface area contributed by atoms with E-state index in [-0.39, 0.29) is 12.1 Å². The van der Waals surface area contributed by atoms with Gasteiger partial charge in [-0.3, -0.25) is 14.9 Å². The van der Waals surface area contributed by atoms with Gasteiger partial charge in [0.25, 0.3) is 0 Å². The van der Waals surface area contributed by atoms with Crippen LogP contribution in [-0.2, 0) is 18.3 Å². The molecule has 1 atom stereocenters. The van der Waals surface area contributed by atoms with Crippen LogP contribution in [0, 0.1) is 0 Å². The molecule has 0 aliphatic carbocycles. The van der Waals surface area contributed by atoms with Crippen LogP contribution < -0.4 is 10.6 Å². The quantitative estimate of drug-likeness (QED) is 0.871. The Morgan fingerprint density at radius 3 is 2.92 bits per heavy atom. The van der Waals surface area contributed by atoms with Gasteiger partial charge in [-0.25, -0.2) is 4.79 Å². The van der Waals surface area contributed by atoms with E-state index in [9.17, 15) is 4.79 Å². The van der Waals surface area contributed by atoms with Gasteiger partial charge in [-0.1, -0.05) is 30.3 Å². The van der Waals surface area contributed by atoms with E-state index in [1.54, 1.807) is 24.0 Å². The van der Waals surface area contributed by atoms with Gasteiger partial charge in [0, 0.05) is 45.5 Å². The first-order valence-electron chi connectivity index (χ1n) is 8.11. The molecule has 2 heterocycles. The molecule has 1 fully saturated rings. The number of aryl methyl sites for hydroxylation is 1. The second-order valence-corrected chi connectivity index (χ2v) is 5.92. The first-order chi connectivity index (χ1) is 11.7. The molecule has 1 unspecified atom stereocenters.